The molecule has 1 N–H and O–H groups in total. The predicted molar refractivity (Wildman–Crippen MR) is 84.9 cm³/mol. The molecule has 25 heavy (non-hydrogen) atoms. The number of nitrogens with zero attached hydrogens (tertiary/aromatic N) is 2. The normalized spacial score (nSPS) is 19.7. The number of carboxylic acid groups (broad SMARTS) is 1. The van der Waals surface area contributed by atoms with Crippen LogP contribution in [-0.4, -0.2) is 33.5 Å². The molecule has 0 bridgehead atoms. The molecule has 1 aromatic heterocycles. The fourth-order valence-corrected chi connectivity index (χ4v) is 3.32. The van der Waals surface area contributed by atoms with E-state index in [0.29, 0.717) is 30.6 Å². The summed E-state index contributed by atoms with van der Waals surface area (Å²) < 4.78 is 39.3. The lowest BCUT2D eigenvalue weighted by atomic mass is 9.98. The minimum absolute atomic E-state index is 0.390. The third-order valence-electron chi connectivity index (χ3n) is 4.41. The molecule has 2 atom stereocenters. The van der Waals surface area contributed by atoms with E-state index in [-0.39, 0.29) is 0 Å². The van der Waals surface area contributed by atoms with Gasteiger partial charge in [0.05, 0.1) is 17.3 Å². The van der Waals surface area contributed by atoms with Crippen LogP contribution in [0.2, 0.25) is 0 Å². The van der Waals surface area contributed by atoms with Crippen LogP contribution in [0.1, 0.15) is 35.7 Å². The van der Waals surface area contributed by atoms with Crippen LogP contribution in [0.4, 0.5) is 13.2 Å². The molecule has 0 aliphatic carbocycles. The third kappa shape index (κ3) is 3.66. The number of hydrogen-bond acceptors (Lipinski definition) is 3. The minimum atomic E-state index is -4.46. The van der Waals surface area contributed by atoms with E-state index in [2.05, 4.69) is 4.98 Å². The number of rotatable bonds is 4. The summed E-state index contributed by atoms with van der Waals surface area (Å²) in [4.78, 5) is 17.6. The van der Waals surface area contributed by atoms with Crippen LogP contribution in [0, 0.1) is 0 Å². The molecule has 3 rings (SSSR count). The van der Waals surface area contributed by atoms with Crippen LogP contribution in [0.3, 0.4) is 0 Å². The summed E-state index contributed by atoms with van der Waals surface area (Å²) in [6.07, 6.45) is -1.75. The van der Waals surface area contributed by atoms with Gasteiger partial charge in [-0.25, -0.2) is 0 Å². The minimum Gasteiger partial charge on any atom is -0.480 e. The lowest BCUT2D eigenvalue weighted by Gasteiger charge is -2.31. The molecule has 0 amide bonds. The van der Waals surface area contributed by atoms with Crippen LogP contribution >= 0.6 is 0 Å². The molecule has 0 saturated carbocycles. The summed E-state index contributed by atoms with van der Waals surface area (Å²) in [5.41, 5.74) is 0.175. The number of alkyl halides is 3. The Kier molecular flexibility index (Phi) is 4.76. The zero-order valence-electron chi connectivity index (χ0n) is 13.3. The molecule has 1 fully saturated rings. The van der Waals surface area contributed by atoms with Gasteiger partial charge in [-0.1, -0.05) is 18.2 Å². The Hall–Kier alpha value is -2.41. The summed E-state index contributed by atoms with van der Waals surface area (Å²) in [6.45, 7) is 0.494. The van der Waals surface area contributed by atoms with Gasteiger partial charge >= 0.3 is 12.1 Å². The molecule has 7 heteroatoms. The number of aliphatic carboxylic acids is 1. The Balaban J connectivity index is 2.08. The molecule has 1 aliphatic heterocycles. The molecule has 1 aromatic carbocycles. The van der Waals surface area contributed by atoms with Gasteiger partial charge in [0.1, 0.15) is 6.04 Å². The van der Waals surface area contributed by atoms with E-state index < -0.39 is 29.8 Å². The highest BCUT2D eigenvalue weighted by Gasteiger charge is 2.38. The van der Waals surface area contributed by atoms with Crippen molar-refractivity contribution in [2.45, 2.75) is 31.1 Å². The van der Waals surface area contributed by atoms with Gasteiger partial charge in [-0.2, -0.15) is 13.2 Å². The first kappa shape index (κ1) is 17.4. The number of carbonyl (C=O) groups is 1. The largest absolute Gasteiger partial charge is 0.480 e. The Morgan fingerprint density at radius 2 is 2.04 bits per heavy atom. The van der Waals surface area contributed by atoms with Gasteiger partial charge in [0.25, 0.3) is 0 Å². The molecule has 1 saturated heterocycles. The summed E-state index contributed by atoms with van der Waals surface area (Å²) in [5.74, 6) is -0.967. The molecule has 2 aromatic rings. The number of halogens is 3. The van der Waals surface area contributed by atoms with Crippen molar-refractivity contribution in [1.29, 1.82) is 0 Å². The maximum absolute atomic E-state index is 13.1. The maximum Gasteiger partial charge on any atom is 0.416 e. The molecule has 0 radical (unpaired) electrons. The zero-order valence-corrected chi connectivity index (χ0v) is 13.3. The maximum atomic E-state index is 13.1. The second-order valence-corrected chi connectivity index (χ2v) is 6.01. The van der Waals surface area contributed by atoms with Crippen molar-refractivity contribution >= 4 is 5.97 Å². The highest BCUT2D eigenvalue weighted by molar-refractivity contribution is 5.74. The fraction of sp³-hybridized carbons (Fsp3) is 0.333. The van der Waals surface area contributed by atoms with Crippen LogP contribution < -0.4 is 0 Å². The smallest absolute Gasteiger partial charge is 0.416 e. The monoisotopic (exact) mass is 350 g/mol. The van der Waals surface area contributed by atoms with Crippen molar-refractivity contribution in [3.8, 4) is 0 Å². The standard InChI is InChI=1S/C18H17F3N2O2/c19-18(20,21)13-6-3-5-12(11-13)16(14-7-1-2-9-22-14)23-10-4-8-15(23)17(24)25/h1-3,5-7,9,11,15-16H,4,8,10H2,(H,24,25). The quantitative estimate of drug-likeness (QED) is 0.913. The number of benzene rings is 1. The Labute approximate surface area is 142 Å². The number of likely N-dealkylation sites (tertiary alicyclic amines) is 1. The average molecular weight is 350 g/mol. The molecular formula is C18H17F3N2O2. The predicted octanol–water partition coefficient (Wildman–Crippen LogP) is 3.74. The second-order valence-electron chi connectivity index (χ2n) is 6.01. The first-order valence-electron chi connectivity index (χ1n) is 7.94. The van der Waals surface area contributed by atoms with Gasteiger partial charge < -0.3 is 5.11 Å². The number of pyridine rings is 1. The summed E-state index contributed by atoms with van der Waals surface area (Å²) in [7, 11) is 0. The SMILES string of the molecule is O=C(O)C1CCCN1C(c1cccc(C(F)(F)F)c1)c1ccccn1. The molecular weight excluding hydrogens is 333 g/mol. The molecule has 2 unspecified atom stereocenters. The molecule has 1 aliphatic rings. The van der Waals surface area contributed by atoms with Crippen LogP contribution in [0.15, 0.2) is 48.7 Å². The van der Waals surface area contributed by atoms with Crippen LogP contribution in [0.5, 0.6) is 0 Å². The number of aromatic nitrogens is 1. The first-order valence-corrected chi connectivity index (χ1v) is 7.94. The average Bonchev–Trinajstić information content (AvgIpc) is 3.05. The van der Waals surface area contributed by atoms with E-state index in [1.165, 1.54) is 6.07 Å². The lowest BCUT2D eigenvalue weighted by Crippen LogP contribution is -2.39. The summed E-state index contributed by atoms with van der Waals surface area (Å²) >= 11 is 0. The second kappa shape index (κ2) is 6.84. The Morgan fingerprint density at radius 1 is 1.24 bits per heavy atom. The lowest BCUT2D eigenvalue weighted by molar-refractivity contribution is -0.143. The van der Waals surface area contributed by atoms with E-state index in [4.69, 9.17) is 0 Å². The first-order chi connectivity index (χ1) is 11.9. The fourth-order valence-electron chi connectivity index (χ4n) is 3.32. The molecule has 4 nitrogen and oxygen atoms in total. The van der Waals surface area contributed by atoms with Gasteiger partial charge in [-0.15, -0.1) is 0 Å². The zero-order chi connectivity index (χ0) is 18.0. The van der Waals surface area contributed by atoms with E-state index in [1.54, 1.807) is 35.4 Å². The molecule has 0 spiro atoms. The summed E-state index contributed by atoms with van der Waals surface area (Å²) in [6, 6.07) is 8.83. The van der Waals surface area contributed by atoms with Crippen molar-refractivity contribution in [1.82, 2.24) is 9.88 Å². The van der Waals surface area contributed by atoms with E-state index in [9.17, 15) is 23.1 Å². The summed E-state index contributed by atoms with van der Waals surface area (Å²) in [5, 5.41) is 9.47. The van der Waals surface area contributed by atoms with Gasteiger partial charge in [0.2, 0.25) is 0 Å². The highest BCUT2D eigenvalue weighted by Crippen LogP contribution is 2.37. The van der Waals surface area contributed by atoms with Gasteiger partial charge in [0, 0.05) is 12.7 Å². The van der Waals surface area contributed by atoms with Crippen LogP contribution in [0.25, 0.3) is 0 Å². The number of hydrogen-bond donors (Lipinski definition) is 1. The van der Waals surface area contributed by atoms with Gasteiger partial charge in [-0.3, -0.25) is 14.7 Å². The van der Waals surface area contributed by atoms with E-state index >= 15 is 0 Å². The van der Waals surface area contributed by atoms with Crippen molar-refractivity contribution in [3.63, 3.8) is 0 Å². The van der Waals surface area contributed by atoms with Crippen molar-refractivity contribution < 1.29 is 23.1 Å². The topological polar surface area (TPSA) is 53.4 Å². The molecule has 132 valence electrons. The van der Waals surface area contributed by atoms with Gasteiger partial charge in [0.15, 0.2) is 0 Å². The molecule has 2 heterocycles. The van der Waals surface area contributed by atoms with Gasteiger partial charge in [-0.05, 0) is 42.7 Å². The third-order valence-corrected chi connectivity index (χ3v) is 4.41. The van der Waals surface area contributed by atoms with E-state index in [0.717, 1.165) is 12.1 Å². The Bertz CT molecular complexity index is 749. The number of carboxylic acids is 1. The van der Waals surface area contributed by atoms with Crippen molar-refractivity contribution in [2.75, 3.05) is 6.54 Å². The Morgan fingerprint density at radius 3 is 2.68 bits per heavy atom. The van der Waals surface area contributed by atoms with E-state index in [1.807, 2.05) is 0 Å². The van der Waals surface area contributed by atoms with Crippen molar-refractivity contribution in [3.05, 3.63) is 65.5 Å². The van der Waals surface area contributed by atoms with Crippen molar-refractivity contribution in [2.24, 2.45) is 0 Å². The van der Waals surface area contributed by atoms with Crippen LogP contribution in [-0.2, 0) is 11.0 Å². The highest BCUT2D eigenvalue weighted by atomic mass is 19.4.